The van der Waals surface area contributed by atoms with E-state index in [1.165, 1.54) is 6.42 Å². The zero-order valence-electron chi connectivity index (χ0n) is 14.9. The number of nitrogens with zero attached hydrogens (tertiary/aromatic N) is 3. The molecule has 2 aromatic rings. The highest BCUT2D eigenvalue weighted by molar-refractivity contribution is 6.04. The zero-order valence-corrected chi connectivity index (χ0v) is 14.9. The second kappa shape index (κ2) is 5.41. The molecule has 0 saturated heterocycles. The highest BCUT2D eigenvalue weighted by Crippen LogP contribution is 2.45. The Balaban J connectivity index is 1.54. The third-order valence-corrected chi connectivity index (χ3v) is 6.01. The van der Waals surface area contributed by atoms with Gasteiger partial charge in [-0.3, -0.25) is 14.6 Å². The fourth-order valence-corrected chi connectivity index (χ4v) is 3.57. The minimum atomic E-state index is -1.38. The maximum atomic E-state index is 15.0. The number of hydrogen-bond donors (Lipinski definition) is 2. The number of carbonyl (C=O) groups excluding carboxylic acids is 1. The summed E-state index contributed by atoms with van der Waals surface area (Å²) in [6, 6.07) is 0.443. The number of fused-ring (bicyclic) bond motifs is 1. The normalized spacial score (nSPS) is 25.3. The van der Waals surface area contributed by atoms with Gasteiger partial charge in [0.25, 0.3) is 5.91 Å². The summed E-state index contributed by atoms with van der Waals surface area (Å²) in [6.07, 6.45) is 7.72. The van der Waals surface area contributed by atoms with Crippen molar-refractivity contribution in [3.05, 3.63) is 29.3 Å². The summed E-state index contributed by atoms with van der Waals surface area (Å²) < 4.78 is 16.9. The van der Waals surface area contributed by atoms with Gasteiger partial charge in [0, 0.05) is 29.3 Å². The largest absolute Gasteiger partial charge is 0.318 e. The van der Waals surface area contributed by atoms with Crippen molar-refractivity contribution >= 4 is 11.6 Å². The summed E-state index contributed by atoms with van der Waals surface area (Å²) >= 11 is 0. The minimum absolute atomic E-state index is 0.190. The van der Waals surface area contributed by atoms with E-state index in [9.17, 15) is 4.79 Å². The molecule has 1 fully saturated rings. The van der Waals surface area contributed by atoms with Gasteiger partial charge in [-0.2, -0.15) is 10.2 Å². The average Bonchev–Trinajstić information content (AvgIpc) is 3.04. The Morgan fingerprint density at radius 3 is 2.80 bits per heavy atom. The molecule has 7 heteroatoms. The fraction of sp³-hybridized carbons (Fsp3) is 0.611. The van der Waals surface area contributed by atoms with Crippen LogP contribution in [0.2, 0.25) is 0 Å². The number of halogens is 1. The molecule has 2 N–H and O–H groups in total. The molecule has 134 valence electrons. The lowest BCUT2D eigenvalue weighted by Crippen LogP contribution is -2.45. The first-order valence-electron chi connectivity index (χ1n) is 8.87. The van der Waals surface area contributed by atoms with Gasteiger partial charge in [-0.1, -0.05) is 13.8 Å². The number of aromatic amines is 1. The molecule has 0 aromatic carbocycles. The summed E-state index contributed by atoms with van der Waals surface area (Å²) in [4.78, 5) is 12.6. The molecule has 2 aliphatic rings. The van der Waals surface area contributed by atoms with Crippen LogP contribution in [0.15, 0.2) is 12.4 Å². The van der Waals surface area contributed by atoms with Crippen molar-refractivity contribution in [2.75, 3.05) is 5.32 Å². The zero-order chi connectivity index (χ0) is 17.8. The summed E-state index contributed by atoms with van der Waals surface area (Å²) in [5.74, 6) is -0.318. The van der Waals surface area contributed by atoms with Crippen LogP contribution >= 0.6 is 0 Å². The van der Waals surface area contributed by atoms with Crippen LogP contribution in [-0.2, 0) is 12.8 Å². The van der Waals surface area contributed by atoms with Crippen molar-refractivity contribution in [3.8, 4) is 0 Å². The van der Waals surface area contributed by atoms with Crippen LogP contribution in [0, 0.1) is 5.41 Å². The molecular weight excluding hydrogens is 321 g/mol. The Hall–Kier alpha value is -2.18. The standard InChI is InChI=1S/C18H24FN5O/c1-17(2)8-14-13(7-18(17,3)19)15(23-22-14)16(25)21-11-9-20-24(10-11)12-5-4-6-12/h9-10,12H,4-8H2,1-3H3,(H,21,25)(H,22,23). The van der Waals surface area contributed by atoms with E-state index >= 15 is 4.39 Å². The smallest absolute Gasteiger partial charge is 0.276 e. The van der Waals surface area contributed by atoms with Crippen molar-refractivity contribution in [2.24, 2.45) is 5.41 Å². The van der Waals surface area contributed by atoms with Gasteiger partial charge in [-0.05, 0) is 32.6 Å². The molecule has 1 unspecified atom stereocenters. The molecule has 1 saturated carbocycles. The number of alkyl halides is 1. The molecule has 2 aromatic heterocycles. The predicted molar refractivity (Wildman–Crippen MR) is 92.4 cm³/mol. The van der Waals surface area contributed by atoms with Crippen LogP contribution in [-0.4, -0.2) is 31.6 Å². The van der Waals surface area contributed by atoms with Crippen molar-refractivity contribution in [2.45, 2.75) is 64.6 Å². The number of nitrogens with one attached hydrogen (secondary N) is 2. The van der Waals surface area contributed by atoms with E-state index in [1.54, 1.807) is 13.1 Å². The van der Waals surface area contributed by atoms with Crippen LogP contribution in [0.4, 0.5) is 10.1 Å². The molecule has 0 radical (unpaired) electrons. The number of H-pyrrole nitrogens is 1. The molecule has 0 spiro atoms. The Labute approximate surface area is 146 Å². The summed E-state index contributed by atoms with van der Waals surface area (Å²) in [7, 11) is 0. The topological polar surface area (TPSA) is 75.6 Å². The molecule has 1 atom stereocenters. The van der Waals surface area contributed by atoms with Crippen LogP contribution in [0.1, 0.15) is 67.8 Å². The van der Waals surface area contributed by atoms with Gasteiger partial charge in [-0.15, -0.1) is 0 Å². The van der Waals surface area contributed by atoms with Crippen LogP contribution in [0.5, 0.6) is 0 Å². The Morgan fingerprint density at radius 1 is 1.36 bits per heavy atom. The lowest BCUT2D eigenvalue weighted by Gasteiger charge is -2.41. The molecule has 6 nitrogen and oxygen atoms in total. The number of hydrogen-bond acceptors (Lipinski definition) is 3. The second-order valence-corrected chi connectivity index (χ2v) is 8.21. The second-order valence-electron chi connectivity index (χ2n) is 8.21. The Kier molecular flexibility index (Phi) is 3.53. The Bertz CT molecular complexity index is 815. The molecule has 2 aliphatic carbocycles. The third-order valence-electron chi connectivity index (χ3n) is 6.01. The lowest BCUT2D eigenvalue weighted by atomic mass is 9.67. The van der Waals surface area contributed by atoms with Gasteiger partial charge in [0.2, 0.25) is 0 Å². The number of amides is 1. The van der Waals surface area contributed by atoms with Gasteiger partial charge in [0.15, 0.2) is 5.69 Å². The monoisotopic (exact) mass is 345 g/mol. The quantitative estimate of drug-likeness (QED) is 0.895. The van der Waals surface area contributed by atoms with E-state index in [2.05, 4.69) is 20.6 Å². The van der Waals surface area contributed by atoms with E-state index < -0.39 is 11.1 Å². The highest BCUT2D eigenvalue weighted by atomic mass is 19.1. The van der Waals surface area contributed by atoms with E-state index in [-0.39, 0.29) is 18.0 Å². The first kappa shape index (κ1) is 16.3. The van der Waals surface area contributed by atoms with Gasteiger partial charge >= 0.3 is 0 Å². The van der Waals surface area contributed by atoms with Crippen molar-refractivity contribution < 1.29 is 9.18 Å². The fourth-order valence-electron chi connectivity index (χ4n) is 3.57. The van der Waals surface area contributed by atoms with Crippen LogP contribution in [0.25, 0.3) is 0 Å². The average molecular weight is 345 g/mol. The molecule has 0 bridgehead atoms. The number of rotatable bonds is 3. The summed E-state index contributed by atoms with van der Waals surface area (Å²) in [5.41, 5.74) is 0.597. The van der Waals surface area contributed by atoms with Crippen molar-refractivity contribution in [1.82, 2.24) is 20.0 Å². The van der Waals surface area contributed by atoms with E-state index in [1.807, 2.05) is 24.7 Å². The number of aromatic nitrogens is 4. The highest BCUT2D eigenvalue weighted by Gasteiger charge is 2.47. The van der Waals surface area contributed by atoms with Gasteiger partial charge < -0.3 is 5.32 Å². The van der Waals surface area contributed by atoms with Gasteiger partial charge in [0.05, 0.1) is 17.9 Å². The van der Waals surface area contributed by atoms with Gasteiger partial charge in [-0.25, -0.2) is 4.39 Å². The van der Waals surface area contributed by atoms with Gasteiger partial charge in [0.1, 0.15) is 5.67 Å². The predicted octanol–water partition coefficient (Wildman–Crippen LogP) is 3.44. The molecule has 1 amide bonds. The SMILES string of the molecule is CC1(C)Cc2[nH]nc(C(=O)Nc3cnn(C4CCC4)c3)c2CC1(C)F. The number of anilines is 1. The maximum Gasteiger partial charge on any atom is 0.276 e. The van der Waals surface area contributed by atoms with E-state index in [0.717, 1.165) is 18.5 Å². The van der Waals surface area contributed by atoms with Crippen LogP contribution < -0.4 is 5.32 Å². The minimum Gasteiger partial charge on any atom is -0.318 e. The molecule has 25 heavy (non-hydrogen) atoms. The first-order valence-corrected chi connectivity index (χ1v) is 8.87. The molecule has 0 aliphatic heterocycles. The molecule has 2 heterocycles. The lowest BCUT2D eigenvalue weighted by molar-refractivity contribution is 0.0240. The molecule has 4 rings (SSSR count). The third kappa shape index (κ3) is 2.65. The Morgan fingerprint density at radius 2 is 2.12 bits per heavy atom. The first-order chi connectivity index (χ1) is 11.8. The number of carbonyl (C=O) groups is 1. The summed E-state index contributed by atoms with van der Waals surface area (Å²) in [5, 5.41) is 14.2. The molecular formula is C18H24FN5O. The maximum absolute atomic E-state index is 15.0. The van der Waals surface area contributed by atoms with E-state index in [0.29, 0.717) is 23.7 Å². The van der Waals surface area contributed by atoms with Crippen molar-refractivity contribution in [1.29, 1.82) is 0 Å². The van der Waals surface area contributed by atoms with Crippen molar-refractivity contribution in [3.63, 3.8) is 0 Å². The summed E-state index contributed by atoms with van der Waals surface area (Å²) in [6.45, 7) is 5.42. The van der Waals surface area contributed by atoms with E-state index in [4.69, 9.17) is 0 Å². The van der Waals surface area contributed by atoms with Crippen LogP contribution in [0.3, 0.4) is 0 Å².